The quantitative estimate of drug-likeness (QED) is 0.911. The van der Waals surface area contributed by atoms with Crippen molar-refractivity contribution in [1.29, 1.82) is 0 Å². The van der Waals surface area contributed by atoms with Crippen LogP contribution in [0.25, 0.3) is 5.69 Å². The molecule has 1 aromatic heterocycles. The van der Waals surface area contributed by atoms with Gasteiger partial charge in [0.15, 0.2) is 0 Å². The second kappa shape index (κ2) is 6.89. The summed E-state index contributed by atoms with van der Waals surface area (Å²) >= 11 is 0. The second-order valence-electron chi connectivity index (χ2n) is 5.15. The van der Waals surface area contributed by atoms with E-state index in [1.165, 1.54) is 10.7 Å². The summed E-state index contributed by atoms with van der Waals surface area (Å²) in [5.74, 6) is -0.414. The topological polar surface area (TPSA) is 59.0 Å². The summed E-state index contributed by atoms with van der Waals surface area (Å²) < 4.78 is 15.3. The zero-order valence-corrected chi connectivity index (χ0v) is 13.0. The minimum absolute atomic E-state index is 0. The highest BCUT2D eigenvalue weighted by atomic mass is 35.5. The Bertz CT molecular complexity index is 667. The lowest BCUT2D eigenvalue weighted by Crippen LogP contribution is -2.35. The average Bonchev–Trinajstić information content (AvgIpc) is 3.11. The number of hydrogen-bond acceptors (Lipinski definition) is 3. The maximum Gasteiger partial charge on any atom is 0.241 e. The summed E-state index contributed by atoms with van der Waals surface area (Å²) in [6.07, 6.45) is 3.40. The molecular weight excluding hydrogens is 307 g/mol. The van der Waals surface area contributed by atoms with Crippen LogP contribution in [0.5, 0.6) is 0 Å². The molecule has 0 saturated carbocycles. The number of carbonyl (C=O) groups is 1. The third-order valence-corrected chi connectivity index (χ3v) is 3.73. The van der Waals surface area contributed by atoms with Gasteiger partial charge in [0.05, 0.1) is 23.6 Å². The van der Waals surface area contributed by atoms with Crippen molar-refractivity contribution in [3.05, 3.63) is 42.0 Å². The Labute approximate surface area is 134 Å². The molecule has 5 nitrogen and oxygen atoms in total. The van der Waals surface area contributed by atoms with Gasteiger partial charge in [0.1, 0.15) is 11.5 Å². The van der Waals surface area contributed by atoms with Crippen LogP contribution in [0.1, 0.15) is 18.5 Å². The van der Waals surface area contributed by atoms with Gasteiger partial charge in [-0.3, -0.25) is 4.79 Å². The van der Waals surface area contributed by atoms with E-state index in [4.69, 9.17) is 0 Å². The molecule has 0 spiro atoms. The van der Waals surface area contributed by atoms with Gasteiger partial charge in [-0.15, -0.1) is 12.4 Å². The summed E-state index contributed by atoms with van der Waals surface area (Å²) in [4.78, 5) is 12.1. The third kappa shape index (κ3) is 3.13. The molecule has 2 heterocycles. The molecule has 2 N–H and O–H groups in total. The van der Waals surface area contributed by atoms with Crippen molar-refractivity contribution in [3.8, 4) is 5.69 Å². The number of carbonyl (C=O) groups excluding carboxylic acids is 1. The van der Waals surface area contributed by atoms with Gasteiger partial charge in [-0.25, -0.2) is 9.07 Å². The summed E-state index contributed by atoms with van der Waals surface area (Å²) in [5.41, 5.74) is 1.68. The summed E-state index contributed by atoms with van der Waals surface area (Å²) in [6.45, 7) is 2.67. The van der Waals surface area contributed by atoms with E-state index in [1.54, 1.807) is 31.3 Å². The fourth-order valence-electron chi connectivity index (χ4n) is 2.53. The van der Waals surface area contributed by atoms with Crippen molar-refractivity contribution < 1.29 is 9.18 Å². The lowest BCUT2D eigenvalue weighted by atomic mass is 10.2. The highest BCUT2D eigenvalue weighted by Crippen LogP contribution is 2.21. The van der Waals surface area contributed by atoms with E-state index in [2.05, 4.69) is 15.7 Å². The van der Waals surface area contributed by atoms with Gasteiger partial charge in [0.2, 0.25) is 5.91 Å². The number of aromatic nitrogens is 2. The number of para-hydroxylation sites is 1. The molecule has 1 aromatic carbocycles. The molecule has 1 atom stereocenters. The van der Waals surface area contributed by atoms with Crippen LogP contribution in [0, 0.1) is 12.7 Å². The van der Waals surface area contributed by atoms with E-state index < -0.39 is 0 Å². The predicted molar refractivity (Wildman–Crippen MR) is 85.2 cm³/mol. The normalized spacial score (nSPS) is 17.1. The molecule has 1 amide bonds. The number of halogens is 2. The fraction of sp³-hybridized carbons (Fsp3) is 0.333. The molecule has 3 rings (SSSR count). The highest BCUT2D eigenvalue weighted by molar-refractivity contribution is 5.95. The lowest BCUT2D eigenvalue weighted by molar-refractivity contribution is -0.117. The maximum absolute atomic E-state index is 13.8. The Morgan fingerprint density at radius 1 is 1.45 bits per heavy atom. The zero-order chi connectivity index (χ0) is 14.8. The van der Waals surface area contributed by atoms with Crippen LogP contribution in [0.4, 0.5) is 10.1 Å². The van der Waals surface area contributed by atoms with Crippen LogP contribution in [0.15, 0.2) is 30.5 Å². The standard InChI is InChI=1S/C15H17FN4O.ClH/c1-10-13(19-15(21)12-6-4-8-17-12)9-18-20(10)14-7-3-2-5-11(14)16;/h2-3,5,7,9,12,17H,4,6,8H2,1H3,(H,19,21);1H. The van der Waals surface area contributed by atoms with E-state index in [0.29, 0.717) is 17.1 Å². The van der Waals surface area contributed by atoms with Crippen molar-refractivity contribution in [2.45, 2.75) is 25.8 Å². The van der Waals surface area contributed by atoms with Gasteiger partial charge in [0, 0.05) is 0 Å². The molecule has 1 aliphatic heterocycles. The van der Waals surface area contributed by atoms with E-state index in [-0.39, 0.29) is 30.2 Å². The molecule has 1 unspecified atom stereocenters. The minimum atomic E-state index is -0.348. The molecule has 0 radical (unpaired) electrons. The number of rotatable bonds is 3. The van der Waals surface area contributed by atoms with Crippen LogP contribution in [-0.2, 0) is 4.79 Å². The van der Waals surface area contributed by atoms with E-state index in [0.717, 1.165) is 19.4 Å². The molecule has 2 aromatic rings. The summed E-state index contributed by atoms with van der Waals surface area (Å²) in [6, 6.07) is 6.27. The Morgan fingerprint density at radius 2 is 2.23 bits per heavy atom. The van der Waals surface area contributed by atoms with E-state index in [9.17, 15) is 9.18 Å². The van der Waals surface area contributed by atoms with Gasteiger partial charge in [-0.2, -0.15) is 5.10 Å². The van der Waals surface area contributed by atoms with Crippen LogP contribution in [0.2, 0.25) is 0 Å². The Kier molecular flexibility index (Phi) is 5.15. The van der Waals surface area contributed by atoms with Crippen LogP contribution < -0.4 is 10.6 Å². The molecule has 1 fully saturated rings. The number of anilines is 1. The van der Waals surface area contributed by atoms with Crippen molar-refractivity contribution in [2.24, 2.45) is 0 Å². The number of amides is 1. The number of nitrogens with one attached hydrogen (secondary N) is 2. The second-order valence-corrected chi connectivity index (χ2v) is 5.15. The zero-order valence-electron chi connectivity index (χ0n) is 12.2. The Balaban J connectivity index is 0.00000176. The first-order chi connectivity index (χ1) is 10.2. The smallest absolute Gasteiger partial charge is 0.241 e. The minimum Gasteiger partial charge on any atom is -0.322 e. The predicted octanol–water partition coefficient (Wildman–Crippen LogP) is 2.43. The molecular formula is C15H18ClFN4O. The molecule has 1 aliphatic rings. The highest BCUT2D eigenvalue weighted by Gasteiger charge is 2.23. The molecule has 0 bridgehead atoms. The first-order valence-corrected chi connectivity index (χ1v) is 7.00. The monoisotopic (exact) mass is 324 g/mol. The molecule has 7 heteroatoms. The number of nitrogens with zero attached hydrogens (tertiary/aromatic N) is 2. The van der Waals surface area contributed by atoms with Crippen LogP contribution in [-0.4, -0.2) is 28.3 Å². The maximum atomic E-state index is 13.8. The van der Waals surface area contributed by atoms with Gasteiger partial charge >= 0.3 is 0 Å². The third-order valence-electron chi connectivity index (χ3n) is 3.73. The lowest BCUT2D eigenvalue weighted by Gasteiger charge is -2.11. The van der Waals surface area contributed by atoms with Crippen molar-refractivity contribution >= 4 is 24.0 Å². The van der Waals surface area contributed by atoms with Crippen molar-refractivity contribution in [2.75, 3.05) is 11.9 Å². The van der Waals surface area contributed by atoms with Crippen LogP contribution >= 0.6 is 12.4 Å². The first kappa shape index (κ1) is 16.5. The number of hydrogen-bond donors (Lipinski definition) is 2. The van der Waals surface area contributed by atoms with Crippen molar-refractivity contribution in [3.63, 3.8) is 0 Å². The Hall–Kier alpha value is -1.92. The average molecular weight is 325 g/mol. The van der Waals surface area contributed by atoms with Crippen molar-refractivity contribution in [1.82, 2.24) is 15.1 Å². The summed E-state index contributed by atoms with van der Waals surface area (Å²) in [5, 5.41) is 10.2. The largest absolute Gasteiger partial charge is 0.322 e. The van der Waals surface area contributed by atoms with E-state index in [1.807, 2.05) is 0 Å². The number of benzene rings is 1. The van der Waals surface area contributed by atoms with Gasteiger partial charge in [0.25, 0.3) is 0 Å². The molecule has 118 valence electrons. The molecule has 22 heavy (non-hydrogen) atoms. The van der Waals surface area contributed by atoms with Crippen LogP contribution in [0.3, 0.4) is 0 Å². The Morgan fingerprint density at radius 3 is 2.91 bits per heavy atom. The van der Waals surface area contributed by atoms with E-state index >= 15 is 0 Å². The van der Waals surface area contributed by atoms with Gasteiger partial charge < -0.3 is 10.6 Å². The SMILES string of the molecule is Cc1c(NC(=O)C2CCCN2)cnn1-c1ccccc1F.Cl. The summed E-state index contributed by atoms with van der Waals surface area (Å²) in [7, 11) is 0. The molecule has 0 aliphatic carbocycles. The van der Waals surface area contributed by atoms with Gasteiger partial charge in [-0.1, -0.05) is 12.1 Å². The fourth-order valence-corrected chi connectivity index (χ4v) is 2.53. The first-order valence-electron chi connectivity index (χ1n) is 7.00. The molecule has 1 saturated heterocycles. The van der Waals surface area contributed by atoms with Gasteiger partial charge in [-0.05, 0) is 38.4 Å².